The quantitative estimate of drug-likeness (QED) is 0.386. The molecule has 0 unspecified atom stereocenters. The van der Waals surface area contributed by atoms with Crippen molar-refractivity contribution in [3.05, 3.63) is 34.4 Å². The summed E-state index contributed by atoms with van der Waals surface area (Å²) in [5.74, 6) is 3.85. The van der Waals surface area contributed by atoms with Gasteiger partial charge in [0, 0.05) is 5.56 Å². The third kappa shape index (κ3) is 2.61. The van der Waals surface area contributed by atoms with Crippen LogP contribution in [0.25, 0.3) is 0 Å². The van der Waals surface area contributed by atoms with E-state index in [-0.39, 0.29) is 5.56 Å². The summed E-state index contributed by atoms with van der Waals surface area (Å²) in [4.78, 5) is 0. The highest BCUT2D eigenvalue weighted by Gasteiger charge is 2.06. The predicted octanol–water partition coefficient (Wildman–Crippen LogP) is 2.90. The molecule has 0 fully saturated rings. The molecule has 13 heavy (non-hydrogen) atoms. The van der Waals surface area contributed by atoms with E-state index in [0.717, 1.165) is 12.1 Å². The van der Waals surface area contributed by atoms with Gasteiger partial charge in [0.25, 0.3) is 0 Å². The van der Waals surface area contributed by atoms with Crippen LogP contribution in [0.5, 0.6) is 0 Å². The standard InChI is InChI=1S/C9H5ClF2S/c10-9-7(11)4-6(2-1-3-13)5-8(9)12/h4-5,13H,3H2. The molecule has 0 aliphatic carbocycles. The summed E-state index contributed by atoms with van der Waals surface area (Å²) in [6.07, 6.45) is 0. The average Bonchev–Trinajstić information content (AvgIpc) is 2.10. The second kappa shape index (κ2) is 4.50. The number of hydrogen-bond donors (Lipinski definition) is 1. The molecule has 0 aromatic heterocycles. The minimum absolute atomic E-state index is 0.258. The van der Waals surface area contributed by atoms with Gasteiger partial charge in [0.2, 0.25) is 0 Å². The Hall–Kier alpha value is -0.720. The van der Waals surface area contributed by atoms with Crippen LogP contribution in [-0.4, -0.2) is 5.75 Å². The summed E-state index contributed by atoms with van der Waals surface area (Å²) in [5.41, 5.74) is 0.258. The SMILES string of the molecule is Fc1cc(C#CCS)cc(F)c1Cl. The van der Waals surface area contributed by atoms with Crippen molar-refractivity contribution in [2.45, 2.75) is 0 Å². The number of hydrogen-bond acceptors (Lipinski definition) is 1. The second-order valence-electron chi connectivity index (χ2n) is 2.21. The van der Waals surface area contributed by atoms with Crippen LogP contribution in [0.15, 0.2) is 12.1 Å². The van der Waals surface area contributed by atoms with Gasteiger partial charge < -0.3 is 0 Å². The van der Waals surface area contributed by atoms with Crippen molar-refractivity contribution in [1.29, 1.82) is 0 Å². The second-order valence-corrected chi connectivity index (χ2v) is 2.91. The Morgan fingerprint density at radius 1 is 1.31 bits per heavy atom. The van der Waals surface area contributed by atoms with E-state index in [2.05, 4.69) is 24.5 Å². The smallest absolute Gasteiger partial charge is 0.146 e. The molecule has 0 N–H and O–H groups in total. The van der Waals surface area contributed by atoms with Gasteiger partial charge in [-0.05, 0) is 12.1 Å². The van der Waals surface area contributed by atoms with Crippen LogP contribution in [-0.2, 0) is 0 Å². The van der Waals surface area contributed by atoms with Crippen molar-refractivity contribution in [3.63, 3.8) is 0 Å². The Kier molecular flexibility index (Phi) is 3.58. The van der Waals surface area contributed by atoms with Crippen molar-refractivity contribution < 1.29 is 8.78 Å². The lowest BCUT2D eigenvalue weighted by Crippen LogP contribution is -1.86. The van der Waals surface area contributed by atoms with Gasteiger partial charge in [-0.3, -0.25) is 0 Å². The summed E-state index contributed by atoms with van der Waals surface area (Å²) < 4.78 is 25.6. The van der Waals surface area contributed by atoms with Crippen molar-refractivity contribution in [3.8, 4) is 11.8 Å². The summed E-state index contributed by atoms with van der Waals surface area (Å²) in [5, 5.41) is -0.503. The van der Waals surface area contributed by atoms with Crippen LogP contribution in [0, 0.1) is 23.5 Å². The highest BCUT2D eigenvalue weighted by Crippen LogP contribution is 2.19. The Morgan fingerprint density at radius 2 is 1.85 bits per heavy atom. The molecule has 0 radical (unpaired) electrons. The van der Waals surface area contributed by atoms with Gasteiger partial charge in [-0.25, -0.2) is 8.78 Å². The lowest BCUT2D eigenvalue weighted by molar-refractivity contribution is 0.583. The molecular weight excluding hydrogens is 214 g/mol. The first-order chi connectivity index (χ1) is 6.15. The van der Waals surface area contributed by atoms with Crippen LogP contribution in [0.4, 0.5) is 8.78 Å². The fourth-order valence-electron chi connectivity index (χ4n) is 0.769. The van der Waals surface area contributed by atoms with Gasteiger partial charge in [0.1, 0.15) is 16.7 Å². The molecule has 68 valence electrons. The zero-order chi connectivity index (χ0) is 9.84. The molecule has 0 saturated heterocycles. The Bertz CT molecular complexity index is 356. The zero-order valence-corrected chi connectivity index (χ0v) is 8.09. The van der Waals surface area contributed by atoms with E-state index in [1.807, 2.05) is 0 Å². The molecule has 4 heteroatoms. The van der Waals surface area contributed by atoms with Gasteiger partial charge in [0.15, 0.2) is 0 Å². The van der Waals surface area contributed by atoms with Gasteiger partial charge in [-0.2, -0.15) is 12.6 Å². The molecule has 0 bridgehead atoms. The molecule has 0 aliphatic heterocycles. The molecule has 0 saturated carbocycles. The fraction of sp³-hybridized carbons (Fsp3) is 0.111. The largest absolute Gasteiger partial charge is 0.205 e. The van der Waals surface area contributed by atoms with Crippen molar-refractivity contribution in [2.75, 3.05) is 5.75 Å². The van der Waals surface area contributed by atoms with Gasteiger partial charge in [-0.1, -0.05) is 23.4 Å². The van der Waals surface area contributed by atoms with E-state index in [0.29, 0.717) is 5.75 Å². The molecule has 0 heterocycles. The van der Waals surface area contributed by atoms with E-state index in [9.17, 15) is 8.78 Å². The third-order valence-electron chi connectivity index (χ3n) is 1.30. The minimum atomic E-state index is -0.801. The zero-order valence-electron chi connectivity index (χ0n) is 6.44. The summed E-state index contributed by atoms with van der Waals surface area (Å²) >= 11 is 9.11. The number of thiol groups is 1. The highest BCUT2D eigenvalue weighted by atomic mass is 35.5. The van der Waals surface area contributed by atoms with Gasteiger partial charge in [0.05, 0.1) is 5.75 Å². The Labute approximate surface area is 85.3 Å². The molecule has 0 spiro atoms. The minimum Gasteiger partial charge on any atom is -0.205 e. The first-order valence-corrected chi connectivity index (χ1v) is 4.40. The van der Waals surface area contributed by atoms with E-state index >= 15 is 0 Å². The van der Waals surface area contributed by atoms with Crippen LogP contribution in [0.1, 0.15) is 5.56 Å². The summed E-state index contributed by atoms with van der Waals surface area (Å²) in [7, 11) is 0. The lowest BCUT2D eigenvalue weighted by Gasteiger charge is -1.96. The van der Waals surface area contributed by atoms with E-state index in [1.165, 1.54) is 0 Å². The van der Waals surface area contributed by atoms with Crippen molar-refractivity contribution in [2.24, 2.45) is 0 Å². The molecule has 0 aliphatic rings. The maximum absolute atomic E-state index is 12.8. The molecule has 1 aromatic carbocycles. The Balaban J connectivity index is 3.13. The maximum atomic E-state index is 12.8. The normalized spacial score (nSPS) is 9.23. The third-order valence-corrected chi connectivity index (χ3v) is 1.81. The molecule has 0 nitrogen and oxygen atoms in total. The van der Waals surface area contributed by atoms with Gasteiger partial charge in [-0.15, -0.1) is 0 Å². The van der Waals surface area contributed by atoms with Crippen LogP contribution in [0.2, 0.25) is 5.02 Å². The number of benzene rings is 1. The number of rotatable bonds is 0. The first-order valence-electron chi connectivity index (χ1n) is 3.39. The van der Waals surface area contributed by atoms with E-state index in [1.54, 1.807) is 0 Å². The monoisotopic (exact) mass is 218 g/mol. The topological polar surface area (TPSA) is 0 Å². The molecule has 0 amide bonds. The maximum Gasteiger partial charge on any atom is 0.146 e. The van der Waals surface area contributed by atoms with Crippen molar-refractivity contribution in [1.82, 2.24) is 0 Å². The van der Waals surface area contributed by atoms with Gasteiger partial charge >= 0.3 is 0 Å². The highest BCUT2D eigenvalue weighted by molar-refractivity contribution is 7.80. The van der Waals surface area contributed by atoms with E-state index < -0.39 is 16.7 Å². The fourth-order valence-corrected chi connectivity index (χ4v) is 0.957. The summed E-state index contributed by atoms with van der Waals surface area (Å²) in [6.45, 7) is 0. The molecule has 0 atom stereocenters. The first kappa shape index (κ1) is 10.4. The van der Waals surface area contributed by atoms with Crippen LogP contribution < -0.4 is 0 Å². The average molecular weight is 219 g/mol. The van der Waals surface area contributed by atoms with Crippen LogP contribution in [0.3, 0.4) is 0 Å². The molecular formula is C9H5ClF2S. The lowest BCUT2D eigenvalue weighted by atomic mass is 10.2. The summed E-state index contributed by atoms with van der Waals surface area (Å²) in [6, 6.07) is 2.17. The predicted molar refractivity (Wildman–Crippen MR) is 52.1 cm³/mol. The molecule has 1 aromatic rings. The molecule has 1 rings (SSSR count). The van der Waals surface area contributed by atoms with Crippen LogP contribution >= 0.6 is 24.2 Å². The van der Waals surface area contributed by atoms with E-state index in [4.69, 9.17) is 11.6 Å². The Morgan fingerprint density at radius 3 is 2.31 bits per heavy atom. The number of halogens is 3. The van der Waals surface area contributed by atoms with Crippen molar-refractivity contribution >= 4 is 24.2 Å².